The van der Waals surface area contributed by atoms with Crippen LogP contribution in [0.1, 0.15) is 13.3 Å². The Morgan fingerprint density at radius 1 is 2.00 bits per heavy atom. The van der Waals surface area contributed by atoms with E-state index >= 15 is 0 Å². The first kappa shape index (κ1) is 4.16. The highest BCUT2D eigenvalue weighted by Crippen LogP contribution is 2.49. The molecule has 0 radical (unpaired) electrons. The molecule has 2 heteroatoms. The molecular formula is C4H8BF. The molecule has 2 atom stereocenters. The van der Waals surface area contributed by atoms with Crippen LogP contribution < -0.4 is 0 Å². The largest absolute Gasteiger partial charge is 0.245 e. The third kappa shape index (κ3) is 0.443. The maximum Gasteiger partial charge on any atom is 0.109 e. The fourth-order valence-electron chi connectivity index (χ4n) is 0.540. The smallest absolute Gasteiger partial charge is 0.109 e. The Morgan fingerprint density at radius 2 is 2.17 bits per heavy atom. The predicted molar refractivity (Wildman–Crippen MR) is 26.4 cm³/mol. The maximum atomic E-state index is 12.2. The zero-order valence-corrected chi connectivity index (χ0v) is 4.16. The van der Waals surface area contributed by atoms with Gasteiger partial charge in [-0.05, 0) is 19.2 Å². The first-order chi connectivity index (χ1) is 2.63. The summed E-state index contributed by atoms with van der Waals surface area (Å²) in [7, 11) is 1.93. The molecule has 1 aliphatic rings. The van der Waals surface area contributed by atoms with E-state index in [1.54, 1.807) is 6.92 Å². The summed E-state index contributed by atoms with van der Waals surface area (Å²) in [6.07, 6.45) is 0.771. The minimum Gasteiger partial charge on any atom is -0.245 e. The Bertz CT molecular complexity index is 69.9. The zero-order chi connectivity index (χ0) is 4.78. The maximum absolute atomic E-state index is 12.2. The number of hydrogen-bond donors (Lipinski definition) is 0. The van der Waals surface area contributed by atoms with Crippen molar-refractivity contribution in [1.82, 2.24) is 0 Å². The molecule has 34 valence electrons. The fraction of sp³-hybridized carbons (Fsp3) is 1.00. The Hall–Kier alpha value is -0.00506. The highest BCUT2D eigenvalue weighted by molar-refractivity contribution is 6.14. The Balaban J connectivity index is 2.41. The minimum atomic E-state index is -0.792. The Morgan fingerprint density at radius 3 is 2.17 bits per heavy atom. The monoisotopic (exact) mass is 86.1 g/mol. The van der Waals surface area contributed by atoms with E-state index in [2.05, 4.69) is 0 Å². The molecule has 0 bridgehead atoms. The van der Waals surface area contributed by atoms with Gasteiger partial charge in [0.25, 0.3) is 0 Å². The van der Waals surface area contributed by atoms with Gasteiger partial charge in [-0.15, -0.1) is 0 Å². The molecule has 0 aromatic carbocycles. The molecule has 1 aliphatic carbocycles. The van der Waals surface area contributed by atoms with Crippen molar-refractivity contribution < 1.29 is 4.39 Å². The molecule has 0 nitrogen and oxygen atoms in total. The molecule has 0 spiro atoms. The van der Waals surface area contributed by atoms with Crippen LogP contribution in [0.3, 0.4) is 0 Å². The first-order valence-corrected chi connectivity index (χ1v) is 2.32. The van der Waals surface area contributed by atoms with Crippen molar-refractivity contribution in [2.75, 3.05) is 0 Å². The summed E-state index contributed by atoms with van der Waals surface area (Å²) >= 11 is 0. The second kappa shape index (κ2) is 0.798. The normalized spacial score (nSPS) is 55.3. The van der Waals surface area contributed by atoms with E-state index in [0.29, 0.717) is 5.82 Å². The predicted octanol–water partition coefficient (Wildman–Crippen LogP) is 0.540. The summed E-state index contributed by atoms with van der Waals surface area (Å²) in [6, 6.07) is 0. The summed E-state index contributed by atoms with van der Waals surface area (Å²) in [5.74, 6) is 0.331. The van der Waals surface area contributed by atoms with Crippen LogP contribution in [-0.4, -0.2) is 13.5 Å². The van der Waals surface area contributed by atoms with Crippen molar-refractivity contribution in [3.63, 3.8) is 0 Å². The van der Waals surface area contributed by atoms with Crippen LogP contribution in [-0.2, 0) is 0 Å². The van der Waals surface area contributed by atoms with E-state index in [1.165, 1.54) is 0 Å². The molecule has 0 aliphatic heterocycles. The van der Waals surface area contributed by atoms with Gasteiger partial charge in [-0.2, -0.15) is 0 Å². The van der Waals surface area contributed by atoms with Crippen LogP contribution in [0.4, 0.5) is 4.39 Å². The third-order valence-corrected chi connectivity index (χ3v) is 1.57. The van der Waals surface area contributed by atoms with E-state index < -0.39 is 5.67 Å². The number of hydrogen-bond acceptors (Lipinski definition) is 0. The Labute approximate surface area is 38.1 Å². The second-order valence-corrected chi connectivity index (χ2v) is 2.38. The third-order valence-electron chi connectivity index (χ3n) is 1.57. The summed E-state index contributed by atoms with van der Waals surface area (Å²) in [6.45, 7) is 1.65. The highest BCUT2D eigenvalue weighted by Gasteiger charge is 2.46. The van der Waals surface area contributed by atoms with Crippen LogP contribution in [0.15, 0.2) is 0 Å². The molecule has 0 N–H and O–H groups in total. The molecular weight excluding hydrogens is 77.9 g/mol. The van der Waals surface area contributed by atoms with E-state index in [1.807, 2.05) is 7.85 Å². The summed E-state index contributed by atoms with van der Waals surface area (Å²) in [5, 5.41) is 0. The number of rotatable bonds is 0. The van der Waals surface area contributed by atoms with Crippen molar-refractivity contribution in [1.29, 1.82) is 0 Å². The van der Waals surface area contributed by atoms with Gasteiger partial charge >= 0.3 is 0 Å². The van der Waals surface area contributed by atoms with E-state index in [-0.39, 0.29) is 0 Å². The van der Waals surface area contributed by atoms with Crippen LogP contribution in [0, 0.1) is 0 Å². The fourth-order valence-corrected chi connectivity index (χ4v) is 0.540. The molecule has 2 unspecified atom stereocenters. The topological polar surface area (TPSA) is 0 Å². The van der Waals surface area contributed by atoms with Gasteiger partial charge in [0, 0.05) is 0 Å². The van der Waals surface area contributed by atoms with Crippen molar-refractivity contribution in [2.24, 2.45) is 0 Å². The standard InChI is InChI=1S/C4H8BF/c1-4(6)2-3(4)5/h3H,2,5H2,1H3. The van der Waals surface area contributed by atoms with Gasteiger partial charge in [-0.1, -0.05) is 0 Å². The number of halogens is 1. The van der Waals surface area contributed by atoms with Gasteiger partial charge in [-0.3, -0.25) is 0 Å². The molecule has 0 aromatic rings. The lowest BCUT2D eigenvalue weighted by Gasteiger charge is -1.87. The SMILES string of the molecule is BC1CC1(C)F. The molecule has 0 aromatic heterocycles. The number of alkyl halides is 1. The molecule has 0 heterocycles. The quantitative estimate of drug-likeness (QED) is 0.377. The van der Waals surface area contributed by atoms with E-state index in [0.717, 1.165) is 6.42 Å². The van der Waals surface area contributed by atoms with Gasteiger partial charge in [0.15, 0.2) is 0 Å². The van der Waals surface area contributed by atoms with E-state index in [4.69, 9.17) is 0 Å². The summed E-state index contributed by atoms with van der Waals surface area (Å²) in [4.78, 5) is 0. The van der Waals surface area contributed by atoms with Crippen LogP contribution in [0.2, 0.25) is 5.82 Å². The first-order valence-electron chi connectivity index (χ1n) is 2.32. The lowest BCUT2D eigenvalue weighted by Crippen LogP contribution is -1.89. The molecule has 1 fully saturated rings. The van der Waals surface area contributed by atoms with Crippen molar-refractivity contribution in [3.05, 3.63) is 0 Å². The van der Waals surface area contributed by atoms with Crippen LogP contribution in [0.25, 0.3) is 0 Å². The average Bonchev–Trinajstić information content (AvgIpc) is 1.73. The lowest BCUT2D eigenvalue weighted by molar-refractivity contribution is 0.339. The van der Waals surface area contributed by atoms with Gasteiger partial charge in [0.2, 0.25) is 0 Å². The Kier molecular flexibility index (Phi) is 0.553. The van der Waals surface area contributed by atoms with Crippen LogP contribution >= 0.6 is 0 Å². The average molecular weight is 85.9 g/mol. The van der Waals surface area contributed by atoms with Gasteiger partial charge < -0.3 is 0 Å². The van der Waals surface area contributed by atoms with Crippen LogP contribution in [0.5, 0.6) is 0 Å². The van der Waals surface area contributed by atoms with Crippen molar-refractivity contribution in [2.45, 2.75) is 24.8 Å². The van der Waals surface area contributed by atoms with Gasteiger partial charge in [0.1, 0.15) is 13.5 Å². The minimum absolute atomic E-state index is 0.331. The molecule has 0 amide bonds. The molecule has 0 saturated heterocycles. The molecule has 6 heavy (non-hydrogen) atoms. The zero-order valence-electron chi connectivity index (χ0n) is 4.16. The second-order valence-electron chi connectivity index (χ2n) is 2.38. The molecule has 1 rings (SSSR count). The molecule has 1 saturated carbocycles. The van der Waals surface area contributed by atoms with Crippen molar-refractivity contribution >= 4 is 7.85 Å². The van der Waals surface area contributed by atoms with E-state index in [9.17, 15) is 4.39 Å². The van der Waals surface area contributed by atoms with Gasteiger partial charge in [-0.25, -0.2) is 4.39 Å². The lowest BCUT2D eigenvalue weighted by atomic mass is 10.0. The summed E-state index contributed by atoms with van der Waals surface area (Å²) < 4.78 is 12.2. The summed E-state index contributed by atoms with van der Waals surface area (Å²) in [5.41, 5.74) is -0.792. The highest BCUT2D eigenvalue weighted by atomic mass is 19.1. The van der Waals surface area contributed by atoms with Gasteiger partial charge in [0.05, 0.1) is 0 Å². The van der Waals surface area contributed by atoms with Crippen molar-refractivity contribution in [3.8, 4) is 0 Å².